The van der Waals surface area contributed by atoms with Crippen molar-refractivity contribution in [2.24, 2.45) is 0 Å². The van der Waals surface area contributed by atoms with Crippen molar-refractivity contribution in [3.63, 3.8) is 0 Å². The molecule has 1 amide bonds. The predicted molar refractivity (Wildman–Crippen MR) is 77.5 cm³/mol. The Morgan fingerprint density at radius 3 is 2.22 bits per heavy atom. The Morgan fingerprint density at radius 1 is 1.11 bits per heavy atom. The molecule has 0 unspecified atom stereocenters. The van der Waals surface area contributed by atoms with Crippen molar-refractivity contribution in [1.82, 2.24) is 15.1 Å². The summed E-state index contributed by atoms with van der Waals surface area (Å²) >= 11 is 0. The van der Waals surface area contributed by atoms with Crippen LogP contribution in [0, 0.1) is 0 Å². The van der Waals surface area contributed by atoms with E-state index >= 15 is 0 Å². The highest BCUT2D eigenvalue weighted by molar-refractivity contribution is 5.87. The number of hydrogen-bond acceptors (Lipinski definition) is 3. The summed E-state index contributed by atoms with van der Waals surface area (Å²) in [6.07, 6.45) is 6.75. The van der Waals surface area contributed by atoms with Crippen molar-refractivity contribution in [1.29, 1.82) is 0 Å². The van der Waals surface area contributed by atoms with E-state index in [4.69, 9.17) is 0 Å². The molecule has 0 radical (unpaired) electrons. The highest BCUT2D eigenvalue weighted by Gasteiger charge is 1.98. The molecule has 0 spiro atoms. The Hall–Kier alpha value is -1.03. The molecule has 0 atom stereocenters. The van der Waals surface area contributed by atoms with Crippen molar-refractivity contribution >= 4 is 5.91 Å². The van der Waals surface area contributed by atoms with Gasteiger partial charge in [0.25, 0.3) is 0 Å². The van der Waals surface area contributed by atoms with Crippen molar-refractivity contribution in [3.05, 3.63) is 12.3 Å². The minimum Gasteiger partial charge on any atom is -0.377 e. The topological polar surface area (TPSA) is 35.6 Å². The van der Waals surface area contributed by atoms with Gasteiger partial charge >= 0.3 is 0 Å². The van der Waals surface area contributed by atoms with Crippen LogP contribution in [-0.2, 0) is 4.79 Å². The van der Waals surface area contributed by atoms with Gasteiger partial charge in [0.1, 0.15) is 0 Å². The van der Waals surface area contributed by atoms with Gasteiger partial charge in [-0.2, -0.15) is 0 Å². The molecule has 0 saturated heterocycles. The van der Waals surface area contributed by atoms with Crippen LogP contribution in [0.4, 0.5) is 0 Å². The molecule has 0 bridgehead atoms. The summed E-state index contributed by atoms with van der Waals surface area (Å²) in [5.41, 5.74) is 0. The van der Waals surface area contributed by atoms with Crippen LogP contribution in [0.1, 0.15) is 33.1 Å². The third-order valence-electron chi connectivity index (χ3n) is 2.54. The molecule has 0 heterocycles. The van der Waals surface area contributed by atoms with Gasteiger partial charge < -0.3 is 15.1 Å². The number of rotatable bonds is 10. The van der Waals surface area contributed by atoms with Crippen molar-refractivity contribution in [2.45, 2.75) is 33.1 Å². The largest absolute Gasteiger partial charge is 0.377 e. The summed E-state index contributed by atoms with van der Waals surface area (Å²) in [5, 5.41) is 2.90. The Labute approximate surface area is 112 Å². The molecular weight excluding hydrogens is 226 g/mol. The normalized spacial score (nSPS) is 11.2. The second-order valence-electron chi connectivity index (χ2n) is 4.80. The van der Waals surface area contributed by atoms with E-state index in [1.54, 1.807) is 6.08 Å². The summed E-state index contributed by atoms with van der Waals surface area (Å²) in [4.78, 5) is 15.9. The van der Waals surface area contributed by atoms with E-state index in [2.05, 4.69) is 29.0 Å². The van der Waals surface area contributed by atoms with Gasteiger partial charge in [0.2, 0.25) is 5.91 Å². The van der Waals surface area contributed by atoms with Crippen LogP contribution in [0.2, 0.25) is 0 Å². The van der Waals surface area contributed by atoms with Crippen LogP contribution in [0.15, 0.2) is 12.3 Å². The summed E-state index contributed by atoms with van der Waals surface area (Å²) in [6, 6.07) is 0. The molecule has 0 aromatic heterocycles. The predicted octanol–water partition coefficient (Wildman–Crippen LogP) is 1.69. The zero-order chi connectivity index (χ0) is 13.8. The fourth-order valence-electron chi connectivity index (χ4n) is 1.67. The maximum atomic E-state index is 11.6. The molecule has 0 aliphatic heterocycles. The highest BCUT2D eigenvalue weighted by Crippen LogP contribution is 1.95. The molecule has 0 aromatic carbocycles. The zero-order valence-corrected chi connectivity index (χ0v) is 12.4. The molecule has 0 rings (SSSR count). The average molecular weight is 255 g/mol. The molecule has 0 aliphatic rings. The monoisotopic (exact) mass is 255 g/mol. The van der Waals surface area contributed by atoms with Gasteiger partial charge in [-0.05, 0) is 39.9 Å². The quantitative estimate of drug-likeness (QED) is 0.477. The third kappa shape index (κ3) is 10.1. The van der Waals surface area contributed by atoms with Gasteiger partial charge in [0.05, 0.1) is 0 Å². The summed E-state index contributed by atoms with van der Waals surface area (Å²) in [7, 11) is 4.07. The first-order valence-electron chi connectivity index (χ1n) is 6.95. The minimum atomic E-state index is 0.00552. The van der Waals surface area contributed by atoms with Crippen LogP contribution in [0.5, 0.6) is 0 Å². The smallest absolute Gasteiger partial charge is 0.245 e. The molecule has 0 fully saturated rings. The standard InChI is InChI=1S/C14H29N3O/c1-5-10-17(11-6-2)13-8-14(18)15-9-7-12-16(3)4/h8,13H,5-7,9-12H2,1-4H3,(H,15,18). The molecular formula is C14H29N3O. The highest BCUT2D eigenvalue weighted by atomic mass is 16.1. The lowest BCUT2D eigenvalue weighted by atomic mass is 10.3. The van der Waals surface area contributed by atoms with Crippen LogP contribution in [-0.4, -0.2) is 56.0 Å². The average Bonchev–Trinajstić information content (AvgIpc) is 2.32. The summed E-state index contributed by atoms with van der Waals surface area (Å²) < 4.78 is 0. The van der Waals surface area contributed by atoms with E-state index in [0.29, 0.717) is 0 Å². The molecule has 106 valence electrons. The van der Waals surface area contributed by atoms with Crippen LogP contribution < -0.4 is 5.32 Å². The lowest BCUT2D eigenvalue weighted by Gasteiger charge is -2.18. The number of carbonyl (C=O) groups is 1. The van der Waals surface area contributed by atoms with Gasteiger partial charge in [-0.1, -0.05) is 13.8 Å². The molecule has 4 heteroatoms. The van der Waals surface area contributed by atoms with E-state index in [1.807, 2.05) is 20.3 Å². The van der Waals surface area contributed by atoms with Gasteiger partial charge in [-0.15, -0.1) is 0 Å². The van der Waals surface area contributed by atoms with Crippen LogP contribution in [0.25, 0.3) is 0 Å². The van der Waals surface area contributed by atoms with Gasteiger partial charge in [0, 0.05) is 31.9 Å². The Bertz CT molecular complexity index is 233. The number of carbonyl (C=O) groups excluding carboxylic acids is 1. The first-order chi connectivity index (χ1) is 8.60. The van der Waals surface area contributed by atoms with E-state index in [-0.39, 0.29) is 5.91 Å². The van der Waals surface area contributed by atoms with E-state index in [9.17, 15) is 4.79 Å². The number of nitrogens with one attached hydrogen (secondary N) is 1. The van der Waals surface area contributed by atoms with Gasteiger partial charge in [-0.3, -0.25) is 4.79 Å². The van der Waals surface area contributed by atoms with Gasteiger partial charge in [-0.25, -0.2) is 0 Å². The van der Waals surface area contributed by atoms with E-state index in [0.717, 1.165) is 45.4 Å². The molecule has 0 aromatic rings. The lowest BCUT2D eigenvalue weighted by molar-refractivity contribution is -0.116. The lowest BCUT2D eigenvalue weighted by Crippen LogP contribution is -2.26. The Balaban J connectivity index is 3.82. The van der Waals surface area contributed by atoms with E-state index < -0.39 is 0 Å². The summed E-state index contributed by atoms with van der Waals surface area (Å²) in [5.74, 6) is 0.00552. The Morgan fingerprint density at radius 2 is 1.72 bits per heavy atom. The minimum absolute atomic E-state index is 0.00552. The first kappa shape index (κ1) is 17.0. The van der Waals surface area contributed by atoms with Crippen LogP contribution in [0.3, 0.4) is 0 Å². The second-order valence-corrected chi connectivity index (χ2v) is 4.80. The third-order valence-corrected chi connectivity index (χ3v) is 2.54. The second kappa shape index (κ2) is 11.1. The zero-order valence-electron chi connectivity index (χ0n) is 12.4. The van der Waals surface area contributed by atoms with Gasteiger partial charge in [0.15, 0.2) is 0 Å². The molecule has 4 nitrogen and oxygen atoms in total. The molecule has 0 saturated carbocycles. The molecule has 1 N–H and O–H groups in total. The Kier molecular flexibility index (Phi) is 10.4. The molecule has 18 heavy (non-hydrogen) atoms. The number of hydrogen-bond donors (Lipinski definition) is 1. The van der Waals surface area contributed by atoms with Crippen molar-refractivity contribution in [3.8, 4) is 0 Å². The van der Waals surface area contributed by atoms with Crippen molar-refractivity contribution in [2.75, 3.05) is 40.3 Å². The SMILES string of the molecule is CCCN(C=CC(=O)NCCCN(C)C)CCC. The summed E-state index contributed by atoms with van der Waals surface area (Å²) in [6.45, 7) is 8.07. The van der Waals surface area contributed by atoms with E-state index in [1.165, 1.54) is 0 Å². The number of amides is 1. The maximum absolute atomic E-state index is 11.6. The first-order valence-corrected chi connectivity index (χ1v) is 6.95. The van der Waals surface area contributed by atoms with Crippen molar-refractivity contribution < 1.29 is 4.79 Å². The fraction of sp³-hybridized carbons (Fsp3) is 0.786. The number of nitrogens with zero attached hydrogens (tertiary/aromatic N) is 2. The molecule has 0 aliphatic carbocycles. The van der Waals surface area contributed by atoms with Crippen LogP contribution >= 0.6 is 0 Å². The fourth-order valence-corrected chi connectivity index (χ4v) is 1.67. The maximum Gasteiger partial charge on any atom is 0.245 e.